The molecule has 13 nitrogen and oxygen atoms in total. The molecule has 0 aliphatic heterocycles. The number of hydrogen-bond donors (Lipinski definition) is 7. The van der Waals surface area contributed by atoms with Crippen LogP contribution in [0.4, 0.5) is 11.4 Å². The summed E-state index contributed by atoms with van der Waals surface area (Å²) >= 11 is 0. The molecule has 3 rings (SSSR count). The molecule has 0 saturated heterocycles. The number of nitrogen functional groups attached to an aromatic ring is 1. The number of carboxylic acids is 1. The molecule has 0 bridgehead atoms. The van der Waals surface area contributed by atoms with Gasteiger partial charge in [-0.1, -0.05) is 12.1 Å². The van der Waals surface area contributed by atoms with Crippen molar-refractivity contribution >= 4 is 35.1 Å². The molecule has 3 aromatic rings. The van der Waals surface area contributed by atoms with E-state index < -0.39 is 35.8 Å². The van der Waals surface area contributed by atoms with Crippen molar-refractivity contribution < 1.29 is 38.9 Å². The number of carbonyl (C=O) groups is 4. The van der Waals surface area contributed by atoms with E-state index >= 15 is 0 Å². The quantitative estimate of drug-likeness (QED) is 0.0988. The molecule has 1 unspecified atom stereocenters. The van der Waals surface area contributed by atoms with Crippen LogP contribution in [0.1, 0.15) is 45.5 Å². The molecule has 0 aliphatic rings. The van der Waals surface area contributed by atoms with Crippen LogP contribution in [0.2, 0.25) is 0 Å². The molecule has 0 fully saturated rings. The lowest BCUT2D eigenvalue weighted by molar-refractivity contribution is -0.139. The molecule has 13 heteroatoms. The van der Waals surface area contributed by atoms with Crippen LogP contribution in [0.25, 0.3) is 0 Å². The molecule has 0 saturated carbocycles. The number of hydrogen-bond acceptors (Lipinski definition) is 9. The molecule has 0 aliphatic carbocycles. The van der Waals surface area contributed by atoms with Crippen LogP contribution in [0, 0.1) is 0 Å². The summed E-state index contributed by atoms with van der Waals surface area (Å²) in [5, 5.41) is 27.1. The number of phenolic OH excluding ortho intramolecular Hbond substituents is 1. The van der Waals surface area contributed by atoms with Crippen LogP contribution in [0.15, 0.2) is 60.7 Å². The minimum Gasteiger partial charge on any atom is -0.508 e. The minimum atomic E-state index is -1.29. The maximum atomic E-state index is 13.4. The summed E-state index contributed by atoms with van der Waals surface area (Å²) in [4.78, 5) is 51.7. The van der Waals surface area contributed by atoms with Crippen LogP contribution in [0.5, 0.6) is 17.2 Å². The maximum Gasteiger partial charge on any atom is 0.326 e. The Bertz CT molecular complexity index is 1480. The number of anilines is 2. The summed E-state index contributed by atoms with van der Waals surface area (Å²) in [6, 6.07) is 12.6. The molecule has 0 spiro atoms. The highest BCUT2D eigenvalue weighted by atomic mass is 16.5. The number of carboxylic acid groups (broad SMARTS) is 1. The number of benzene rings is 3. The highest BCUT2D eigenvalue weighted by Crippen LogP contribution is 2.24. The molecule has 2 atom stereocenters. The van der Waals surface area contributed by atoms with Gasteiger partial charge < -0.3 is 47.1 Å². The third kappa shape index (κ3) is 9.10. The lowest BCUT2D eigenvalue weighted by Gasteiger charge is -2.20. The predicted molar refractivity (Wildman–Crippen MR) is 164 cm³/mol. The largest absolute Gasteiger partial charge is 0.508 e. The summed E-state index contributed by atoms with van der Waals surface area (Å²) in [5.41, 5.74) is 12.8. The van der Waals surface area contributed by atoms with Crippen LogP contribution in [-0.4, -0.2) is 66.8 Å². The predicted octanol–water partition coefficient (Wildman–Crippen LogP) is 2.28. The fourth-order valence-electron chi connectivity index (χ4n) is 4.40. The Morgan fingerprint density at radius 3 is 2.00 bits per heavy atom. The summed E-state index contributed by atoms with van der Waals surface area (Å²) in [6.07, 6.45) is 1.42. The fraction of sp³-hybridized carbons (Fsp3) is 0.290. The van der Waals surface area contributed by atoms with E-state index in [4.69, 9.17) is 20.9 Å². The van der Waals surface area contributed by atoms with Gasteiger partial charge in [-0.15, -0.1) is 0 Å². The van der Waals surface area contributed by atoms with Gasteiger partial charge in [0.1, 0.15) is 29.3 Å². The minimum absolute atomic E-state index is 0.0181. The van der Waals surface area contributed by atoms with Crippen molar-refractivity contribution in [3.05, 3.63) is 77.4 Å². The van der Waals surface area contributed by atoms with E-state index in [1.807, 2.05) is 0 Å². The van der Waals surface area contributed by atoms with Crippen LogP contribution in [-0.2, 0) is 16.0 Å². The lowest BCUT2D eigenvalue weighted by atomic mass is 10.0. The number of unbranched alkanes of at least 4 members (excludes halogenated alkanes) is 1. The van der Waals surface area contributed by atoms with Crippen molar-refractivity contribution in [3.63, 3.8) is 0 Å². The highest BCUT2D eigenvalue weighted by Gasteiger charge is 2.26. The Balaban J connectivity index is 1.80. The average Bonchev–Trinajstić information content (AvgIpc) is 3.01. The molecule has 3 aromatic carbocycles. The summed E-state index contributed by atoms with van der Waals surface area (Å²) in [7, 11) is 2.76. The molecule has 0 aromatic heterocycles. The number of nitrogens with two attached hydrogens (primary N) is 2. The van der Waals surface area contributed by atoms with Gasteiger partial charge in [0.25, 0.3) is 11.8 Å². The number of phenols is 1. The Kier molecular flexibility index (Phi) is 11.9. The Hall–Kier alpha value is -5.30. The van der Waals surface area contributed by atoms with Crippen molar-refractivity contribution in [3.8, 4) is 17.2 Å². The zero-order valence-corrected chi connectivity index (χ0v) is 24.5. The van der Waals surface area contributed by atoms with Gasteiger partial charge in [-0.3, -0.25) is 14.4 Å². The Labute approximate surface area is 254 Å². The number of methoxy groups -OCH3 is 2. The molecular formula is C31H37N5O8. The zero-order chi connectivity index (χ0) is 32.2. The Morgan fingerprint density at radius 1 is 0.818 bits per heavy atom. The number of amides is 3. The van der Waals surface area contributed by atoms with Crippen molar-refractivity contribution in [2.45, 2.75) is 37.8 Å². The number of ether oxygens (including phenoxy) is 2. The number of rotatable bonds is 15. The second kappa shape index (κ2) is 15.8. The van der Waals surface area contributed by atoms with Crippen molar-refractivity contribution in [2.75, 3.05) is 31.8 Å². The second-order valence-corrected chi connectivity index (χ2v) is 9.91. The van der Waals surface area contributed by atoms with Gasteiger partial charge in [-0.2, -0.15) is 0 Å². The van der Waals surface area contributed by atoms with E-state index in [0.717, 1.165) is 0 Å². The number of aliphatic carboxylic acids is 1. The third-order valence-corrected chi connectivity index (χ3v) is 6.73. The first-order valence-corrected chi connectivity index (χ1v) is 13.8. The van der Waals surface area contributed by atoms with E-state index in [1.54, 1.807) is 24.3 Å². The first kappa shape index (κ1) is 33.2. The van der Waals surface area contributed by atoms with E-state index in [2.05, 4.69) is 16.0 Å². The third-order valence-electron chi connectivity index (χ3n) is 6.73. The molecular weight excluding hydrogens is 570 g/mol. The van der Waals surface area contributed by atoms with Crippen LogP contribution in [0.3, 0.4) is 0 Å². The molecule has 44 heavy (non-hydrogen) atoms. The monoisotopic (exact) mass is 607 g/mol. The van der Waals surface area contributed by atoms with Gasteiger partial charge in [-0.05, 0) is 79.9 Å². The Morgan fingerprint density at radius 2 is 1.41 bits per heavy atom. The van der Waals surface area contributed by atoms with Gasteiger partial charge in [0.15, 0.2) is 0 Å². The highest BCUT2D eigenvalue weighted by molar-refractivity contribution is 6.04. The summed E-state index contributed by atoms with van der Waals surface area (Å²) in [5.74, 6) is -2.66. The molecule has 3 amide bonds. The maximum absolute atomic E-state index is 13.4. The van der Waals surface area contributed by atoms with Gasteiger partial charge in [0.2, 0.25) is 5.91 Å². The van der Waals surface area contributed by atoms with Gasteiger partial charge in [0.05, 0.1) is 25.3 Å². The fourth-order valence-corrected chi connectivity index (χ4v) is 4.40. The van der Waals surface area contributed by atoms with Crippen molar-refractivity contribution in [1.29, 1.82) is 0 Å². The van der Waals surface area contributed by atoms with Gasteiger partial charge in [-0.25, -0.2) is 4.79 Å². The average molecular weight is 608 g/mol. The van der Waals surface area contributed by atoms with E-state index in [1.165, 1.54) is 50.6 Å². The van der Waals surface area contributed by atoms with E-state index in [-0.39, 0.29) is 46.9 Å². The van der Waals surface area contributed by atoms with E-state index in [0.29, 0.717) is 30.6 Å². The summed E-state index contributed by atoms with van der Waals surface area (Å²) in [6.45, 7) is 0.409. The summed E-state index contributed by atoms with van der Waals surface area (Å²) < 4.78 is 10.6. The van der Waals surface area contributed by atoms with Crippen LogP contribution < -0.4 is 36.9 Å². The SMILES string of the molecule is COc1ccc(N)cc1C(=O)NC(CCCCN)C(=O)Nc1ccc(OC)c(C(=O)N[C@@H](Cc2ccc(O)cc2)C(=O)O)c1. The normalized spacial score (nSPS) is 12.0. The standard InChI is InChI=1S/C31H37N5O8/c1-43-26-12-8-19(33)16-22(26)28(38)35-24(5-3-4-14-32)30(40)34-20-9-13-27(44-2)23(17-20)29(39)36-25(31(41)42)15-18-6-10-21(37)11-7-18/h6-13,16-17,24-25,37H,3-5,14-15,32-33H2,1-2H3,(H,34,40)(H,35,38)(H,36,39)(H,41,42)/t24?,25-/m0/s1. The number of nitrogens with one attached hydrogen (secondary N) is 3. The van der Waals surface area contributed by atoms with Crippen LogP contribution >= 0.6 is 0 Å². The number of aromatic hydroxyl groups is 1. The van der Waals surface area contributed by atoms with Gasteiger partial charge >= 0.3 is 5.97 Å². The van der Waals surface area contributed by atoms with E-state index in [9.17, 15) is 29.4 Å². The smallest absolute Gasteiger partial charge is 0.326 e. The number of carbonyl (C=O) groups excluding carboxylic acids is 3. The molecule has 234 valence electrons. The molecule has 0 radical (unpaired) electrons. The van der Waals surface area contributed by atoms with Gasteiger partial charge in [0, 0.05) is 17.8 Å². The molecule has 9 N–H and O–H groups in total. The lowest BCUT2D eigenvalue weighted by Crippen LogP contribution is -2.44. The zero-order valence-electron chi connectivity index (χ0n) is 24.5. The molecule has 0 heterocycles. The first-order chi connectivity index (χ1) is 21.1. The van der Waals surface area contributed by atoms with Crippen molar-refractivity contribution in [2.24, 2.45) is 5.73 Å². The first-order valence-electron chi connectivity index (χ1n) is 13.8. The topological polar surface area (TPSA) is 215 Å². The second-order valence-electron chi connectivity index (χ2n) is 9.91. The van der Waals surface area contributed by atoms with Crippen molar-refractivity contribution in [1.82, 2.24) is 10.6 Å².